The molecule has 2 atom stereocenters. The SMILES string of the molecule is Cc1cc(C)n(C2=NC3C(C(=O)N(CC(N)=O)C(=O)N3C)N2Cc2ccc(F)cc2)n1. The maximum absolute atomic E-state index is 13.4. The molecule has 1 aromatic heterocycles. The summed E-state index contributed by atoms with van der Waals surface area (Å²) in [7, 11) is 1.52. The van der Waals surface area contributed by atoms with E-state index in [2.05, 4.69) is 10.1 Å². The van der Waals surface area contributed by atoms with E-state index in [0.29, 0.717) is 5.96 Å². The normalized spacial score (nSPS) is 20.9. The number of hydrogen-bond donors (Lipinski definition) is 1. The summed E-state index contributed by atoms with van der Waals surface area (Å²) in [6.07, 6.45) is -0.802. The number of aliphatic imine (C=N–C) groups is 1. The van der Waals surface area contributed by atoms with Gasteiger partial charge >= 0.3 is 6.03 Å². The van der Waals surface area contributed by atoms with Crippen molar-refractivity contribution in [3.8, 4) is 0 Å². The summed E-state index contributed by atoms with van der Waals surface area (Å²) in [6.45, 7) is 3.39. The Balaban J connectivity index is 1.78. The highest BCUT2D eigenvalue weighted by atomic mass is 19.1. The van der Waals surface area contributed by atoms with Gasteiger partial charge in [0.05, 0.1) is 5.69 Å². The minimum Gasteiger partial charge on any atom is -0.368 e. The number of nitrogens with two attached hydrogens (primary N) is 1. The smallest absolute Gasteiger partial charge is 0.328 e. The maximum atomic E-state index is 13.4. The maximum Gasteiger partial charge on any atom is 0.328 e. The van der Waals surface area contributed by atoms with Crippen LogP contribution in [-0.4, -0.2) is 74.1 Å². The monoisotopic (exact) mass is 427 g/mol. The average molecular weight is 427 g/mol. The van der Waals surface area contributed by atoms with Crippen LogP contribution in [0.25, 0.3) is 0 Å². The number of urea groups is 1. The first-order valence-electron chi connectivity index (χ1n) is 9.66. The first kappa shape index (κ1) is 20.5. The molecule has 2 N–H and O–H groups in total. The third kappa shape index (κ3) is 3.51. The quantitative estimate of drug-likeness (QED) is 0.760. The number of carbonyl (C=O) groups is 3. The standard InChI is InChI=1S/C20H22FN7O3/c1-11-8-12(2)28(24-11)19-23-17-16(26(19)9-13-4-6-14(21)7-5-13)18(30)27(10-15(22)29)20(31)25(17)3/h4-8,16-17H,9-10H2,1-3H3,(H2,22,29). The van der Waals surface area contributed by atoms with Crippen LogP contribution in [0, 0.1) is 19.7 Å². The number of hydrogen-bond acceptors (Lipinski definition) is 6. The molecular weight excluding hydrogens is 405 g/mol. The third-order valence-electron chi connectivity index (χ3n) is 5.35. The van der Waals surface area contributed by atoms with Crippen molar-refractivity contribution in [3.63, 3.8) is 0 Å². The highest BCUT2D eigenvalue weighted by Crippen LogP contribution is 2.30. The van der Waals surface area contributed by atoms with Gasteiger partial charge in [-0.2, -0.15) is 5.10 Å². The molecule has 4 amide bonds. The molecule has 1 fully saturated rings. The number of carbonyl (C=O) groups excluding carboxylic acids is 3. The van der Waals surface area contributed by atoms with E-state index in [1.165, 1.54) is 24.1 Å². The molecule has 31 heavy (non-hydrogen) atoms. The fourth-order valence-corrected chi connectivity index (χ4v) is 3.93. The molecule has 3 heterocycles. The van der Waals surface area contributed by atoms with Crippen LogP contribution >= 0.6 is 0 Å². The highest BCUT2D eigenvalue weighted by Gasteiger charge is 2.53. The van der Waals surface area contributed by atoms with Crippen molar-refractivity contribution in [3.05, 3.63) is 53.1 Å². The van der Waals surface area contributed by atoms with Gasteiger partial charge in [-0.25, -0.2) is 18.9 Å². The van der Waals surface area contributed by atoms with Gasteiger partial charge in [-0.3, -0.25) is 14.5 Å². The Morgan fingerprint density at radius 2 is 1.87 bits per heavy atom. The van der Waals surface area contributed by atoms with Crippen molar-refractivity contribution in [2.45, 2.75) is 32.6 Å². The van der Waals surface area contributed by atoms with Crippen LogP contribution in [0.4, 0.5) is 9.18 Å². The van der Waals surface area contributed by atoms with E-state index in [0.717, 1.165) is 21.9 Å². The number of rotatable bonds is 4. The molecule has 10 nitrogen and oxygen atoms in total. The number of nitrogens with zero attached hydrogens (tertiary/aromatic N) is 6. The summed E-state index contributed by atoms with van der Waals surface area (Å²) in [5, 5.41) is 4.47. The van der Waals surface area contributed by atoms with Crippen molar-refractivity contribution in [2.75, 3.05) is 13.6 Å². The molecule has 2 aliphatic heterocycles. The molecule has 0 bridgehead atoms. The summed E-state index contributed by atoms with van der Waals surface area (Å²) >= 11 is 0. The molecule has 162 valence electrons. The van der Waals surface area contributed by atoms with E-state index in [-0.39, 0.29) is 12.4 Å². The number of aromatic nitrogens is 2. The lowest BCUT2D eigenvalue weighted by molar-refractivity contribution is -0.140. The number of amides is 4. The molecule has 0 spiro atoms. The summed E-state index contributed by atoms with van der Waals surface area (Å²) < 4.78 is 15.0. The molecule has 11 heteroatoms. The van der Waals surface area contributed by atoms with E-state index in [1.54, 1.807) is 21.7 Å². The number of halogens is 1. The number of aryl methyl sites for hydroxylation is 2. The Labute approximate surface area is 177 Å². The molecule has 2 aliphatic rings. The topological polar surface area (TPSA) is 117 Å². The summed E-state index contributed by atoms with van der Waals surface area (Å²) in [6, 6.07) is 6.24. The summed E-state index contributed by atoms with van der Waals surface area (Å²) in [5.74, 6) is -1.35. The lowest BCUT2D eigenvalue weighted by atomic mass is 10.1. The van der Waals surface area contributed by atoms with Gasteiger partial charge in [0.25, 0.3) is 5.91 Å². The van der Waals surface area contributed by atoms with Crippen LogP contribution < -0.4 is 5.73 Å². The summed E-state index contributed by atoms with van der Waals surface area (Å²) in [4.78, 5) is 46.0. The Hall–Kier alpha value is -3.76. The van der Waals surface area contributed by atoms with Gasteiger partial charge in [0, 0.05) is 19.3 Å². The third-order valence-corrected chi connectivity index (χ3v) is 5.35. The molecule has 0 aliphatic carbocycles. The van der Waals surface area contributed by atoms with E-state index < -0.39 is 36.6 Å². The Morgan fingerprint density at radius 3 is 2.45 bits per heavy atom. The largest absolute Gasteiger partial charge is 0.368 e. The predicted molar refractivity (Wildman–Crippen MR) is 108 cm³/mol. The number of fused-ring (bicyclic) bond motifs is 1. The van der Waals surface area contributed by atoms with Crippen LogP contribution in [-0.2, 0) is 16.1 Å². The van der Waals surface area contributed by atoms with Crippen molar-refractivity contribution < 1.29 is 18.8 Å². The minimum atomic E-state index is -0.883. The van der Waals surface area contributed by atoms with E-state index in [1.807, 2.05) is 19.9 Å². The molecule has 4 rings (SSSR count). The fraction of sp³-hybridized carbons (Fsp3) is 0.350. The minimum absolute atomic E-state index is 0.219. The molecule has 2 unspecified atom stereocenters. The number of imide groups is 1. The Bertz CT molecular complexity index is 1090. The lowest BCUT2D eigenvalue weighted by Gasteiger charge is -2.40. The second kappa shape index (κ2) is 7.49. The second-order valence-electron chi connectivity index (χ2n) is 7.66. The van der Waals surface area contributed by atoms with Gasteiger partial charge in [-0.1, -0.05) is 12.1 Å². The second-order valence-corrected chi connectivity index (χ2v) is 7.66. The molecule has 0 saturated carbocycles. The van der Waals surface area contributed by atoms with E-state index in [9.17, 15) is 18.8 Å². The average Bonchev–Trinajstić information content (AvgIpc) is 3.24. The van der Waals surface area contributed by atoms with Crippen molar-refractivity contribution in [2.24, 2.45) is 10.7 Å². The number of primary amides is 1. The van der Waals surface area contributed by atoms with Crippen LogP contribution in [0.15, 0.2) is 35.3 Å². The van der Waals surface area contributed by atoms with Gasteiger partial charge in [-0.15, -0.1) is 0 Å². The molecule has 2 aromatic rings. The predicted octanol–water partition coefficient (Wildman–Crippen LogP) is 0.433. The Morgan fingerprint density at radius 1 is 1.19 bits per heavy atom. The zero-order valence-corrected chi connectivity index (χ0v) is 17.3. The van der Waals surface area contributed by atoms with E-state index in [4.69, 9.17) is 5.73 Å². The molecule has 1 aromatic carbocycles. The van der Waals surface area contributed by atoms with Gasteiger partial charge in [0.2, 0.25) is 11.9 Å². The highest BCUT2D eigenvalue weighted by molar-refractivity contribution is 6.05. The van der Waals surface area contributed by atoms with Crippen LogP contribution in [0.1, 0.15) is 17.0 Å². The zero-order valence-electron chi connectivity index (χ0n) is 17.3. The van der Waals surface area contributed by atoms with Crippen LogP contribution in [0.5, 0.6) is 0 Å². The van der Waals surface area contributed by atoms with Crippen molar-refractivity contribution in [1.82, 2.24) is 24.5 Å². The first-order chi connectivity index (χ1) is 14.7. The van der Waals surface area contributed by atoms with Crippen LogP contribution in [0.3, 0.4) is 0 Å². The summed E-state index contributed by atoms with van der Waals surface area (Å²) in [5.41, 5.74) is 7.56. The van der Waals surface area contributed by atoms with Gasteiger partial charge in [0.15, 0.2) is 12.2 Å². The van der Waals surface area contributed by atoms with Crippen molar-refractivity contribution in [1.29, 1.82) is 0 Å². The number of likely N-dealkylation sites (N-methyl/N-ethyl adjacent to an activating group) is 1. The Kier molecular flexibility index (Phi) is 4.96. The molecule has 1 saturated heterocycles. The van der Waals surface area contributed by atoms with Gasteiger partial charge in [0.1, 0.15) is 12.4 Å². The first-order valence-corrected chi connectivity index (χ1v) is 9.66. The zero-order chi connectivity index (χ0) is 22.4. The van der Waals surface area contributed by atoms with Gasteiger partial charge in [-0.05, 0) is 37.6 Å². The number of benzene rings is 1. The van der Waals surface area contributed by atoms with Gasteiger partial charge < -0.3 is 15.5 Å². The molecule has 0 radical (unpaired) electrons. The van der Waals surface area contributed by atoms with Crippen molar-refractivity contribution >= 4 is 23.8 Å². The van der Waals surface area contributed by atoms with E-state index >= 15 is 0 Å². The van der Waals surface area contributed by atoms with Crippen LogP contribution in [0.2, 0.25) is 0 Å². The fourth-order valence-electron chi connectivity index (χ4n) is 3.93. The molecular formula is C20H22FN7O3. The lowest BCUT2D eigenvalue weighted by Crippen LogP contribution is -2.66.